The lowest BCUT2D eigenvalue weighted by Crippen LogP contribution is -2.28. The first-order valence-electron chi connectivity index (χ1n) is 16.5. The third-order valence-electron chi connectivity index (χ3n) is 6.52. The van der Waals surface area contributed by atoms with Crippen LogP contribution in [0.15, 0.2) is 121 Å². The van der Waals surface area contributed by atoms with Crippen molar-refractivity contribution in [1.82, 2.24) is 0 Å². The summed E-state index contributed by atoms with van der Waals surface area (Å²) in [5.74, 6) is 0.756. The maximum Gasteiger partial charge on any atom is 0.177 e. The van der Waals surface area contributed by atoms with Crippen LogP contribution in [0.5, 0.6) is 0 Å². The van der Waals surface area contributed by atoms with Gasteiger partial charge in [-0.05, 0) is 56.9 Å². The van der Waals surface area contributed by atoms with E-state index in [2.05, 4.69) is 13.5 Å². The van der Waals surface area contributed by atoms with E-state index in [4.69, 9.17) is 33.9 Å². The second-order valence-electron chi connectivity index (χ2n) is 10.3. The predicted molar refractivity (Wildman–Crippen MR) is 199 cm³/mol. The van der Waals surface area contributed by atoms with Crippen LogP contribution in [0.1, 0.15) is 41.0 Å². The zero-order valence-corrected chi connectivity index (χ0v) is 30.3. The van der Waals surface area contributed by atoms with Crippen LogP contribution in [0.4, 0.5) is 0 Å². The third kappa shape index (κ3) is 27.9. The number of aliphatic hydroxyl groups is 2. The fourth-order valence-electron chi connectivity index (χ4n) is 3.43. The Morgan fingerprint density at radius 1 is 0.780 bits per heavy atom. The van der Waals surface area contributed by atoms with Crippen LogP contribution in [0.2, 0.25) is 0 Å². The summed E-state index contributed by atoms with van der Waals surface area (Å²) >= 11 is 0. The van der Waals surface area contributed by atoms with Gasteiger partial charge in [0.2, 0.25) is 0 Å². The van der Waals surface area contributed by atoms with E-state index in [0.717, 1.165) is 18.9 Å². The van der Waals surface area contributed by atoms with Gasteiger partial charge >= 0.3 is 0 Å². The number of hydrogen-bond acceptors (Lipinski definition) is 10. The Morgan fingerprint density at radius 2 is 1.32 bits per heavy atom. The van der Waals surface area contributed by atoms with Gasteiger partial charge in [0.15, 0.2) is 25.0 Å². The highest BCUT2D eigenvalue weighted by Gasteiger charge is 2.24. The van der Waals surface area contributed by atoms with E-state index in [9.17, 15) is 14.4 Å². The van der Waals surface area contributed by atoms with Crippen LogP contribution in [0, 0.1) is 11.8 Å². The summed E-state index contributed by atoms with van der Waals surface area (Å²) in [6.07, 6.45) is 32.8. The Hall–Kier alpha value is -4.03. The number of ether oxygens (including phenoxy) is 5. The molecule has 0 saturated carbocycles. The van der Waals surface area contributed by atoms with Crippen molar-refractivity contribution in [2.75, 3.05) is 39.6 Å². The largest absolute Gasteiger partial charge is 0.491 e. The zero-order chi connectivity index (χ0) is 37.7. The minimum Gasteiger partial charge on any atom is -0.491 e. The molecule has 0 aromatic heterocycles. The fourth-order valence-corrected chi connectivity index (χ4v) is 3.43. The lowest BCUT2D eigenvalue weighted by atomic mass is 9.90. The molecule has 50 heavy (non-hydrogen) atoms. The molecule has 3 heterocycles. The smallest absolute Gasteiger partial charge is 0.177 e. The number of carbonyl (C=O) groups excluding carboxylic acids is 3. The molecule has 3 unspecified atom stereocenters. The van der Waals surface area contributed by atoms with Gasteiger partial charge < -0.3 is 33.9 Å². The zero-order valence-electron chi connectivity index (χ0n) is 30.3. The van der Waals surface area contributed by atoms with E-state index in [0.29, 0.717) is 55.8 Å². The summed E-state index contributed by atoms with van der Waals surface area (Å²) in [5.41, 5.74) is 1.23. The van der Waals surface area contributed by atoms with E-state index in [1.807, 2.05) is 82.4 Å². The van der Waals surface area contributed by atoms with Gasteiger partial charge in [-0.2, -0.15) is 0 Å². The van der Waals surface area contributed by atoms with Crippen molar-refractivity contribution < 1.29 is 48.3 Å². The average molecular weight is 699 g/mol. The lowest BCUT2D eigenvalue weighted by molar-refractivity contribution is -0.118. The molecule has 0 radical (unpaired) electrons. The molecule has 0 saturated heterocycles. The highest BCUT2D eigenvalue weighted by atomic mass is 16.7. The van der Waals surface area contributed by atoms with Gasteiger partial charge in [-0.25, -0.2) is 0 Å². The molecule has 2 N–H and O–H groups in total. The molecular formula is C40H58O10. The number of rotatable bonds is 11. The van der Waals surface area contributed by atoms with E-state index >= 15 is 0 Å². The van der Waals surface area contributed by atoms with Gasteiger partial charge in [-0.1, -0.05) is 99.4 Å². The maximum absolute atomic E-state index is 10.4. The van der Waals surface area contributed by atoms with E-state index in [1.165, 1.54) is 6.08 Å². The first-order chi connectivity index (χ1) is 24.3. The average Bonchev–Trinajstić information content (AvgIpc) is 3.58. The lowest BCUT2D eigenvalue weighted by Gasteiger charge is -2.26. The molecule has 3 atom stereocenters. The number of carbonyl (C=O) groups is 3. The van der Waals surface area contributed by atoms with E-state index < -0.39 is 0 Å². The quantitative estimate of drug-likeness (QED) is 0.110. The summed E-state index contributed by atoms with van der Waals surface area (Å²) in [7, 11) is 0. The summed E-state index contributed by atoms with van der Waals surface area (Å²) in [5, 5.41) is 16.9. The minimum atomic E-state index is -0.308. The molecule has 10 heteroatoms. The molecule has 0 fully saturated rings. The maximum atomic E-state index is 10.4. The number of aldehydes is 3. The predicted octanol–water partition coefficient (Wildman–Crippen LogP) is 6.27. The Morgan fingerprint density at radius 3 is 1.72 bits per heavy atom. The third-order valence-corrected chi connectivity index (χ3v) is 6.52. The molecule has 278 valence electrons. The minimum absolute atomic E-state index is 0.0245. The van der Waals surface area contributed by atoms with Crippen LogP contribution in [0.25, 0.3) is 0 Å². The molecule has 3 rings (SSSR count). The molecule has 3 aliphatic rings. The first kappa shape index (κ1) is 48.1. The van der Waals surface area contributed by atoms with Crippen LogP contribution in [-0.4, -0.2) is 87.4 Å². The number of allylic oxidation sites excluding steroid dienone is 10. The Balaban J connectivity index is 0. The van der Waals surface area contributed by atoms with Crippen molar-refractivity contribution in [3.63, 3.8) is 0 Å². The van der Waals surface area contributed by atoms with Crippen molar-refractivity contribution in [2.45, 2.75) is 59.7 Å². The number of hydrogen-bond donors (Lipinski definition) is 2. The molecular weight excluding hydrogens is 640 g/mol. The summed E-state index contributed by atoms with van der Waals surface area (Å²) in [6, 6.07) is 0. The van der Waals surface area contributed by atoms with Gasteiger partial charge in [0.1, 0.15) is 12.6 Å². The van der Waals surface area contributed by atoms with E-state index in [-0.39, 0.29) is 31.9 Å². The topological polar surface area (TPSA) is 138 Å². The van der Waals surface area contributed by atoms with Gasteiger partial charge in [0.25, 0.3) is 0 Å². The van der Waals surface area contributed by atoms with Gasteiger partial charge in [0, 0.05) is 18.1 Å². The first-order valence-corrected chi connectivity index (χ1v) is 16.5. The van der Waals surface area contributed by atoms with E-state index in [1.54, 1.807) is 42.7 Å². The van der Waals surface area contributed by atoms with Crippen LogP contribution < -0.4 is 0 Å². The normalized spacial score (nSPS) is 21.3. The molecule has 10 nitrogen and oxygen atoms in total. The van der Waals surface area contributed by atoms with Crippen molar-refractivity contribution in [3.05, 3.63) is 121 Å². The molecule has 3 aliphatic heterocycles. The highest BCUT2D eigenvalue weighted by molar-refractivity contribution is 5.77. The molecule has 0 aromatic carbocycles. The highest BCUT2D eigenvalue weighted by Crippen LogP contribution is 2.22. The summed E-state index contributed by atoms with van der Waals surface area (Å²) < 4.78 is 26.0. The van der Waals surface area contributed by atoms with Crippen molar-refractivity contribution in [3.8, 4) is 0 Å². The monoisotopic (exact) mass is 698 g/mol. The Labute approximate surface area is 299 Å². The molecule has 0 aromatic rings. The van der Waals surface area contributed by atoms with Crippen LogP contribution >= 0.6 is 0 Å². The van der Waals surface area contributed by atoms with Gasteiger partial charge in [-0.15, -0.1) is 0 Å². The molecule has 0 spiro atoms. The SMILES string of the molecule is C/C=C/C1OCC=CCO1.C/C=C/C=C(/C=O)CCO.C=C/C(C=O)=C\C=C\C.CC1C=COC(C=O)C1C.OC/C=C\C1OCC=CCO1. The summed E-state index contributed by atoms with van der Waals surface area (Å²) in [4.78, 5) is 30.6. The Bertz CT molecular complexity index is 1130. The van der Waals surface area contributed by atoms with Crippen molar-refractivity contribution in [1.29, 1.82) is 0 Å². The van der Waals surface area contributed by atoms with Crippen LogP contribution in [-0.2, 0) is 38.1 Å². The molecule has 0 amide bonds. The molecule has 0 bridgehead atoms. The standard InChI is InChI=1S/C8H12O3.3C8H12O2.C8H10O/c9-5-3-4-8-10-6-1-2-7-11-8;1-6-3-4-10-8(5-9)7(6)2;1-2-5-8-9-6-3-4-7-10-8;1-2-3-4-8(7-10)5-6-9;1-3-5-6-8(4-2)7-9/h1-4,8-9H,5-7H2;3-8H,1-2H3;2-5,8H,6-7H2,1H3;2-4,7,9H,5-6H2,1H3;3-7H,2H2,1H3/b4-3-;;5-2+;3-2+,8-4+;5-3+,8-6+. The van der Waals surface area contributed by atoms with Crippen molar-refractivity contribution >= 4 is 18.9 Å². The second-order valence-corrected chi connectivity index (χ2v) is 10.3. The van der Waals surface area contributed by atoms with Gasteiger partial charge in [-0.3, -0.25) is 14.4 Å². The fraction of sp³-hybridized carbons (Fsp3) is 0.425. The van der Waals surface area contributed by atoms with Crippen LogP contribution in [0.3, 0.4) is 0 Å². The Kier molecular flexibility index (Phi) is 34.9. The second kappa shape index (κ2) is 36.3. The van der Waals surface area contributed by atoms with Crippen molar-refractivity contribution in [2.24, 2.45) is 11.8 Å². The summed E-state index contributed by atoms with van der Waals surface area (Å²) in [6.45, 7) is 15.8. The number of aliphatic hydroxyl groups excluding tert-OH is 2. The van der Waals surface area contributed by atoms with Gasteiger partial charge in [0.05, 0.1) is 39.3 Å². The molecule has 0 aliphatic carbocycles.